The highest BCUT2D eigenvalue weighted by molar-refractivity contribution is 14.1. The molecule has 0 spiro atoms. The van der Waals surface area contributed by atoms with Crippen molar-refractivity contribution in [3.05, 3.63) is 35.4 Å². The molecule has 1 aliphatic rings. The lowest BCUT2D eigenvalue weighted by Crippen LogP contribution is -2.41. The largest absolute Gasteiger partial charge is 0.347 e. The van der Waals surface area contributed by atoms with Crippen LogP contribution in [0.3, 0.4) is 0 Å². The summed E-state index contributed by atoms with van der Waals surface area (Å²) >= 11 is 2.38. The molecule has 4 nitrogen and oxygen atoms in total. The molecule has 2 rings (SSSR count). The number of piperazine rings is 1. The first-order valence-electron chi connectivity index (χ1n) is 7.38. The van der Waals surface area contributed by atoms with Crippen LogP contribution in [-0.4, -0.2) is 45.6 Å². The molecule has 1 aromatic rings. The second-order valence-corrected chi connectivity index (χ2v) is 7.95. The Bertz CT molecular complexity index is 473. The van der Waals surface area contributed by atoms with Crippen molar-refractivity contribution in [3.63, 3.8) is 0 Å². The molecule has 1 aliphatic heterocycles. The molecule has 1 fully saturated rings. The maximum absolute atomic E-state index is 12.1. The third kappa shape index (κ3) is 5.56. The monoisotopic (exact) mass is 401 g/mol. The fraction of sp³-hybridized carbons (Fsp3) is 0.562. The van der Waals surface area contributed by atoms with E-state index in [4.69, 9.17) is 0 Å². The van der Waals surface area contributed by atoms with Gasteiger partial charge in [0, 0.05) is 66.7 Å². The Balaban J connectivity index is 1.91. The standard InChI is InChI=1S/C16H24IN3O/c1-16(2,3)18-15(21)14-6-4-13(5-7-14)12-19-8-10-20(17)11-9-19/h4-7H,8-12H2,1-3H3,(H,18,21). The first kappa shape index (κ1) is 16.7. The fourth-order valence-electron chi connectivity index (χ4n) is 2.31. The molecule has 21 heavy (non-hydrogen) atoms. The minimum atomic E-state index is -0.200. The zero-order chi connectivity index (χ0) is 15.5. The van der Waals surface area contributed by atoms with Gasteiger partial charge in [0.25, 0.3) is 5.91 Å². The first-order valence-corrected chi connectivity index (χ1v) is 8.34. The molecule has 1 saturated heterocycles. The highest BCUT2D eigenvalue weighted by atomic mass is 127. The predicted molar refractivity (Wildman–Crippen MR) is 94.5 cm³/mol. The van der Waals surface area contributed by atoms with E-state index in [9.17, 15) is 4.79 Å². The third-order valence-corrected chi connectivity index (χ3v) is 4.39. The van der Waals surface area contributed by atoms with Crippen molar-refractivity contribution in [2.75, 3.05) is 26.2 Å². The van der Waals surface area contributed by atoms with Crippen molar-refractivity contribution in [1.29, 1.82) is 0 Å². The summed E-state index contributed by atoms with van der Waals surface area (Å²) in [5.41, 5.74) is 1.80. The minimum Gasteiger partial charge on any atom is -0.347 e. The number of hydrogen-bond acceptors (Lipinski definition) is 3. The van der Waals surface area contributed by atoms with E-state index in [1.54, 1.807) is 0 Å². The van der Waals surface area contributed by atoms with Crippen LogP contribution in [0.4, 0.5) is 0 Å². The molecule has 116 valence electrons. The third-order valence-electron chi connectivity index (χ3n) is 3.43. The second kappa shape index (κ2) is 7.07. The van der Waals surface area contributed by atoms with E-state index in [-0.39, 0.29) is 11.4 Å². The number of carbonyl (C=O) groups is 1. The highest BCUT2D eigenvalue weighted by Crippen LogP contribution is 2.12. The molecule has 5 heteroatoms. The topological polar surface area (TPSA) is 35.6 Å². The molecule has 1 aromatic carbocycles. The van der Waals surface area contributed by atoms with E-state index in [0.717, 1.165) is 38.3 Å². The molecular weight excluding hydrogens is 377 g/mol. The molecule has 0 atom stereocenters. The summed E-state index contributed by atoms with van der Waals surface area (Å²) in [5.74, 6) is -0.00687. The van der Waals surface area contributed by atoms with Crippen LogP contribution in [-0.2, 0) is 6.54 Å². The fourth-order valence-corrected chi connectivity index (χ4v) is 2.75. The molecule has 0 radical (unpaired) electrons. The summed E-state index contributed by atoms with van der Waals surface area (Å²) in [6, 6.07) is 7.97. The molecule has 1 N–H and O–H groups in total. The second-order valence-electron chi connectivity index (χ2n) is 6.59. The normalized spacial score (nSPS) is 17.7. The Morgan fingerprint density at radius 2 is 1.71 bits per heavy atom. The van der Waals surface area contributed by atoms with Crippen LogP contribution in [0.5, 0.6) is 0 Å². The first-order chi connectivity index (χ1) is 9.83. The SMILES string of the molecule is CC(C)(C)NC(=O)c1ccc(CN2CCN(I)CC2)cc1. The van der Waals surface area contributed by atoms with Crippen molar-refractivity contribution in [3.8, 4) is 0 Å². The van der Waals surface area contributed by atoms with Crippen LogP contribution in [0.25, 0.3) is 0 Å². The maximum atomic E-state index is 12.1. The number of carbonyl (C=O) groups excluding carboxylic acids is 1. The number of halogens is 1. The highest BCUT2D eigenvalue weighted by Gasteiger charge is 2.16. The van der Waals surface area contributed by atoms with E-state index in [0.29, 0.717) is 0 Å². The Kier molecular flexibility index (Phi) is 5.62. The van der Waals surface area contributed by atoms with Gasteiger partial charge in [0.2, 0.25) is 0 Å². The van der Waals surface area contributed by atoms with Gasteiger partial charge in [-0.25, -0.2) is 3.11 Å². The summed E-state index contributed by atoms with van der Waals surface area (Å²) in [6.45, 7) is 11.4. The number of nitrogens with one attached hydrogen (secondary N) is 1. The van der Waals surface area contributed by atoms with E-state index in [1.165, 1.54) is 5.56 Å². The van der Waals surface area contributed by atoms with Gasteiger partial charge in [-0.3, -0.25) is 9.69 Å². The van der Waals surface area contributed by atoms with Crippen LogP contribution in [0.2, 0.25) is 0 Å². The molecule has 0 unspecified atom stereocenters. The average Bonchev–Trinajstić information content (AvgIpc) is 2.40. The summed E-state index contributed by atoms with van der Waals surface area (Å²) in [7, 11) is 0. The van der Waals surface area contributed by atoms with Gasteiger partial charge in [0.1, 0.15) is 0 Å². The Hall–Kier alpha value is -0.660. The van der Waals surface area contributed by atoms with Gasteiger partial charge in [-0.2, -0.15) is 0 Å². The van der Waals surface area contributed by atoms with E-state index in [1.807, 2.05) is 32.9 Å². The van der Waals surface area contributed by atoms with Gasteiger partial charge in [0.05, 0.1) is 0 Å². The van der Waals surface area contributed by atoms with Crippen LogP contribution >= 0.6 is 22.9 Å². The Morgan fingerprint density at radius 1 is 1.14 bits per heavy atom. The summed E-state index contributed by atoms with van der Waals surface area (Å²) in [4.78, 5) is 14.5. The Labute approximate surface area is 141 Å². The van der Waals surface area contributed by atoms with Crippen molar-refractivity contribution in [2.45, 2.75) is 32.9 Å². The smallest absolute Gasteiger partial charge is 0.251 e. The number of nitrogens with zero attached hydrogens (tertiary/aromatic N) is 2. The van der Waals surface area contributed by atoms with E-state index >= 15 is 0 Å². The molecule has 0 aliphatic carbocycles. The van der Waals surface area contributed by atoms with Crippen molar-refractivity contribution < 1.29 is 4.79 Å². The zero-order valence-corrected chi connectivity index (χ0v) is 15.2. The molecule has 1 amide bonds. The van der Waals surface area contributed by atoms with Crippen LogP contribution in [0, 0.1) is 0 Å². The van der Waals surface area contributed by atoms with E-state index in [2.05, 4.69) is 48.3 Å². The van der Waals surface area contributed by atoms with Gasteiger partial charge < -0.3 is 5.32 Å². The van der Waals surface area contributed by atoms with Crippen LogP contribution in [0.1, 0.15) is 36.7 Å². The van der Waals surface area contributed by atoms with Crippen LogP contribution in [0.15, 0.2) is 24.3 Å². The quantitative estimate of drug-likeness (QED) is 0.625. The summed E-state index contributed by atoms with van der Waals surface area (Å²) < 4.78 is 2.33. The predicted octanol–water partition coefficient (Wildman–Crippen LogP) is 2.68. The molecule has 1 heterocycles. The zero-order valence-electron chi connectivity index (χ0n) is 13.0. The number of benzene rings is 1. The lowest BCUT2D eigenvalue weighted by Gasteiger charge is -2.31. The molecule has 0 aromatic heterocycles. The van der Waals surface area contributed by atoms with Crippen LogP contribution < -0.4 is 5.32 Å². The van der Waals surface area contributed by atoms with E-state index < -0.39 is 0 Å². The summed E-state index contributed by atoms with van der Waals surface area (Å²) in [6.07, 6.45) is 0. The van der Waals surface area contributed by atoms with Gasteiger partial charge in [0.15, 0.2) is 0 Å². The minimum absolute atomic E-state index is 0.00687. The lowest BCUT2D eigenvalue weighted by molar-refractivity contribution is 0.0919. The van der Waals surface area contributed by atoms with Crippen molar-refractivity contribution in [2.24, 2.45) is 0 Å². The van der Waals surface area contributed by atoms with Gasteiger partial charge in [-0.15, -0.1) is 0 Å². The molecule has 0 saturated carbocycles. The Morgan fingerprint density at radius 3 is 2.24 bits per heavy atom. The van der Waals surface area contributed by atoms with Crippen molar-refractivity contribution in [1.82, 2.24) is 13.3 Å². The average molecular weight is 401 g/mol. The molecular formula is C16H24IN3O. The van der Waals surface area contributed by atoms with Gasteiger partial charge >= 0.3 is 0 Å². The van der Waals surface area contributed by atoms with Crippen molar-refractivity contribution >= 4 is 28.8 Å². The maximum Gasteiger partial charge on any atom is 0.251 e. The number of rotatable bonds is 3. The lowest BCUT2D eigenvalue weighted by atomic mass is 10.1. The summed E-state index contributed by atoms with van der Waals surface area (Å²) in [5, 5.41) is 2.99. The van der Waals surface area contributed by atoms with Gasteiger partial charge in [-0.05, 0) is 38.5 Å². The molecule has 0 bridgehead atoms. The van der Waals surface area contributed by atoms with Gasteiger partial charge in [-0.1, -0.05) is 12.1 Å². The number of hydrogen-bond donors (Lipinski definition) is 1. The number of amides is 1.